The molecule has 0 saturated heterocycles. The Kier molecular flexibility index (Phi) is 5.29. The molecule has 1 aromatic carbocycles. The van der Waals surface area contributed by atoms with E-state index in [0.717, 1.165) is 12.1 Å². The number of alkyl halides is 3. The topological polar surface area (TPSA) is 62.4 Å². The largest absolute Gasteiger partial charge is 0.416 e. The Morgan fingerprint density at radius 3 is 2.50 bits per heavy atom. The smallest absolute Gasteiger partial charge is 0.384 e. The van der Waals surface area contributed by atoms with Crippen LogP contribution in [0.3, 0.4) is 0 Å². The summed E-state index contributed by atoms with van der Waals surface area (Å²) < 4.78 is 43.5. The second-order valence-corrected chi connectivity index (χ2v) is 5.98. The highest BCUT2D eigenvalue weighted by Gasteiger charge is 2.33. The van der Waals surface area contributed by atoms with Crippen LogP contribution in [0.5, 0.6) is 0 Å². The molecule has 24 heavy (non-hydrogen) atoms. The van der Waals surface area contributed by atoms with Crippen LogP contribution in [0.2, 0.25) is 0 Å². The number of aliphatic hydroxyl groups is 1. The third-order valence-electron chi connectivity index (χ3n) is 3.62. The minimum absolute atomic E-state index is 0.109. The molecular weight excluding hydrogens is 323 g/mol. The van der Waals surface area contributed by atoms with Gasteiger partial charge in [0.05, 0.1) is 17.7 Å². The van der Waals surface area contributed by atoms with Crippen LogP contribution in [-0.4, -0.2) is 33.7 Å². The van der Waals surface area contributed by atoms with E-state index in [1.807, 2.05) is 6.92 Å². The summed E-state index contributed by atoms with van der Waals surface area (Å²) in [6, 6.07) is 4.72. The highest BCUT2D eigenvalue weighted by Crippen LogP contribution is 2.32. The molecule has 0 aliphatic heterocycles. The van der Waals surface area contributed by atoms with Gasteiger partial charge in [-0.15, -0.1) is 0 Å². The van der Waals surface area contributed by atoms with E-state index in [1.54, 1.807) is 11.9 Å². The lowest BCUT2D eigenvalue weighted by molar-refractivity contribution is -0.137. The summed E-state index contributed by atoms with van der Waals surface area (Å²) >= 11 is 0. The standard InChI is InChI=1S/C16H20F3N3O2/c1-4-13-20-14(24-21-13)9-22(3)10-15(2,23)11-6-5-7-12(8-11)16(17,18)19/h5-8,23H,4,9-10H2,1-3H3. The molecule has 0 fully saturated rings. The van der Waals surface area contributed by atoms with Crippen molar-refractivity contribution >= 4 is 0 Å². The van der Waals surface area contributed by atoms with Gasteiger partial charge in [0.2, 0.25) is 5.89 Å². The van der Waals surface area contributed by atoms with E-state index in [4.69, 9.17) is 4.52 Å². The lowest BCUT2D eigenvalue weighted by Crippen LogP contribution is -2.36. The Labute approximate surface area is 138 Å². The zero-order valence-corrected chi connectivity index (χ0v) is 13.8. The number of rotatable bonds is 6. The van der Waals surface area contributed by atoms with Crippen molar-refractivity contribution in [2.75, 3.05) is 13.6 Å². The van der Waals surface area contributed by atoms with Gasteiger partial charge in [-0.3, -0.25) is 4.90 Å². The molecule has 1 heterocycles. The fourth-order valence-electron chi connectivity index (χ4n) is 2.43. The minimum atomic E-state index is -4.45. The molecule has 1 N–H and O–H groups in total. The predicted molar refractivity (Wildman–Crippen MR) is 81.0 cm³/mol. The van der Waals surface area contributed by atoms with Crippen LogP contribution in [0, 0.1) is 0 Å². The zero-order valence-electron chi connectivity index (χ0n) is 13.8. The van der Waals surface area contributed by atoms with E-state index in [-0.39, 0.29) is 12.1 Å². The molecule has 0 amide bonds. The summed E-state index contributed by atoms with van der Waals surface area (Å²) in [6.07, 6.45) is -3.80. The van der Waals surface area contributed by atoms with E-state index in [9.17, 15) is 18.3 Å². The molecule has 1 aromatic heterocycles. The summed E-state index contributed by atoms with van der Waals surface area (Å²) in [7, 11) is 1.72. The molecule has 0 spiro atoms. The number of aromatic nitrogens is 2. The van der Waals surface area contributed by atoms with Crippen LogP contribution >= 0.6 is 0 Å². The monoisotopic (exact) mass is 343 g/mol. The van der Waals surface area contributed by atoms with Crippen LogP contribution in [0.25, 0.3) is 0 Å². The fraction of sp³-hybridized carbons (Fsp3) is 0.500. The van der Waals surface area contributed by atoms with Crippen LogP contribution in [0.4, 0.5) is 13.2 Å². The van der Waals surface area contributed by atoms with Crippen molar-refractivity contribution in [3.63, 3.8) is 0 Å². The van der Waals surface area contributed by atoms with E-state index < -0.39 is 17.3 Å². The molecule has 1 unspecified atom stereocenters. The molecule has 1 atom stereocenters. The molecule has 2 aromatic rings. The first kappa shape index (κ1) is 18.4. The molecule has 0 bridgehead atoms. The van der Waals surface area contributed by atoms with Crippen molar-refractivity contribution in [2.24, 2.45) is 0 Å². The molecule has 0 aliphatic carbocycles. The number of halogens is 3. The Bertz CT molecular complexity index is 683. The maximum absolute atomic E-state index is 12.8. The van der Waals surface area contributed by atoms with E-state index >= 15 is 0 Å². The number of benzene rings is 1. The molecule has 8 heteroatoms. The van der Waals surface area contributed by atoms with Crippen molar-refractivity contribution < 1.29 is 22.8 Å². The molecule has 0 aliphatic rings. The number of nitrogens with zero attached hydrogens (tertiary/aromatic N) is 3. The molecule has 0 radical (unpaired) electrons. The summed E-state index contributed by atoms with van der Waals surface area (Å²) in [5.74, 6) is 0.984. The third kappa shape index (κ3) is 4.55. The van der Waals surface area contributed by atoms with Crippen LogP contribution in [0.15, 0.2) is 28.8 Å². The summed E-state index contributed by atoms with van der Waals surface area (Å²) in [5, 5.41) is 14.4. The van der Waals surface area contributed by atoms with Crippen molar-refractivity contribution in [2.45, 2.75) is 38.6 Å². The van der Waals surface area contributed by atoms with Gasteiger partial charge in [0.1, 0.15) is 0 Å². The van der Waals surface area contributed by atoms with E-state index in [0.29, 0.717) is 24.7 Å². The first-order valence-electron chi connectivity index (χ1n) is 7.52. The normalized spacial score (nSPS) is 14.8. The summed E-state index contributed by atoms with van der Waals surface area (Å²) in [4.78, 5) is 5.88. The van der Waals surface area contributed by atoms with Gasteiger partial charge in [0.25, 0.3) is 0 Å². The average molecular weight is 343 g/mol. The van der Waals surface area contributed by atoms with Crippen molar-refractivity contribution in [1.29, 1.82) is 0 Å². The van der Waals surface area contributed by atoms with Gasteiger partial charge in [-0.2, -0.15) is 18.2 Å². The lowest BCUT2D eigenvalue weighted by Gasteiger charge is -2.29. The van der Waals surface area contributed by atoms with Crippen molar-refractivity contribution in [1.82, 2.24) is 15.0 Å². The lowest BCUT2D eigenvalue weighted by atomic mass is 9.93. The maximum Gasteiger partial charge on any atom is 0.416 e. The van der Waals surface area contributed by atoms with Gasteiger partial charge in [-0.25, -0.2) is 0 Å². The van der Waals surface area contributed by atoms with Gasteiger partial charge in [-0.05, 0) is 31.7 Å². The Morgan fingerprint density at radius 2 is 1.92 bits per heavy atom. The Morgan fingerprint density at radius 1 is 1.25 bits per heavy atom. The van der Waals surface area contributed by atoms with Crippen LogP contribution < -0.4 is 0 Å². The number of hydrogen-bond donors (Lipinski definition) is 1. The average Bonchev–Trinajstić information content (AvgIpc) is 2.93. The second-order valence-electron chi connectivity index (χ2n) is 5.98. The second kappa shape index (κ2) is 6.90. The van der Waals surface area contributed by atoms with Crippen molar-refractivity contribution in [3.05, 3.63) is 47.1 Å². The third-order valence-corrected chi connectivity index (χ3v) is 3.62. The summed E-state index contributed by atoms with van der Waals surface area (Å²) in [6.45, 7) is 3.78. The van der Waals surface area contributed by atoms with Crippen molar-refractivity contribution in [3.8, 4) is 0 Å². The summed E-state index contributed by atoms with van der Waals surface area (Å²) in [5.41, 5.74) is -2.04. The number of likely N-dealkylation sites (N-methyl/N-ethyl adjacent to an activating group) is 1. The van der Waals surface area contributed by atoms with Gasteiger partial charge in [0, 0.05) is 13.0 Å². The first-order valence-corrected chi connectivity index (χ1v) is 7.52. The van der Waals surface area contributed by atoms with E-state index in [1.165, 1.54) is 19.1 Å². The highest BCUT2D eigenvalue weighted by molar-refractivity contribution is 5.29. The van der Waals surface area contributed by atoms with Crippen LogP contribution in [-0.2, 0) is 24.7 Å². The fourth-order valence-corrected chi connectivity index (χ4v) is 2.43. The predicted octanol–water partition coefficient (Wildman–Crippen LogP) is 2.99. The molecule has 132 valence electrons. The van der Waals surface area contributed by atoms with Gasteiger partial charge in [-0.1, -0.05) is 24.2 Å². The van der Waals surface area contributed by atoms with Crippen LogP contribution in [0.1, 0.15) is 36.7 Å². The molecule has 5 nitrogen and oxygen atoms in total. The number of hydrogen-bond acceptors (Lipinski definition) is 5. The van der Waals surface area contributed by atoms with Gasteiger partial charge in [0.15, 0.2) is 5.82 Å². The van der Waals surface area contributed by atoms with E-state index in [2.05, 4.69) is 10.1 Å². The Hall–Kier alpha value is -1.93. The molecule has 2 rings (SSSR count). The highest BCUT2D eigenvalue weighted by atomic mass is 19.4. The minimum Gasteiger partial charge on any atom is -0.384 e. The zero-order chi connectivity index (χ0) is 18.0. The molecule has 0 saturated carbocycles. The maximum atomic E-state index is 12.8. The first-order chi connectivity index (χ1) is 11.1. The number of aryl methyl sites for hydroxylation is 1. The van der Waals surface area contributed by atoms with Gasteiger partial charge >= 0.3 is 6.18 Å². The quantitative estimate of drug-likeness (QED) is 0.874. The van der Waals surface area contributed by atoms with Gasteiger partial charge < -0.3 is 9.63 Å². The Balaban J connectivity index is 2.09. The molecular formula is C16H20F3N3O2. The SMILES string of the molecule is CCc1noc(CN(C)CC(C)(O)c2cccc(C(F)(F)F)c2)n1.